The topological polar surface area (TPSA) is 34.4 Å². The molecule has 0 aliphatic rings. The molecule has 0 saturated carbocycles. The number of rotatable bonds is 8. The largest absolute Gasteiger partial charge is 0.465 e. The number of aryl methyl sites for hydroxylation is 2. The monoisotopic (exact) mass is 273 g/mol. The molecule has 3 heteroatoms. The average molecular weight is 273 g/mol. The summed E-state index contributed by atoms with van der Waals surface area (Å²) in [4.78, 5) is 0. The maximum Gasteiger partial charge on any atom is 0.118 e. The fourth-order valence-corrected chi connectivity index (χ4v) is 2.20. The van der Waals surface area contributed by atoms with Crippen LogP contribution in [0.1, 0.15) is 29.1 Å². The van der Waals surface area contributed by atoms with E-state index in [0.29, 0.717) is 6.61 Å². The van der Waals surface area contributed by atoms with Crippen LogP contribution in [0.4, 0.5) is 0 Å². The van der Waals surface area contributed by atoms with Gasteiger partial charge < -0.3 is 14.5 Å². The first-order valence-corrected chi connectivity index (χ1v) is 7.14. The zero-order valence-corrected chi connectivity index (χ0v) is 12.3. The van der Waals surface area contributed by atoms with Gasteiger partial charge in [-0.05, 0) is 38.4 Å². The zero-order chi connectivity index (χ0) is 14.2. The highest BCUT2D eigenvalue weighted by Gasteiger charge is 2.06. The molecule has 0 aliphatic heterocycles. The summed E-state index contributed by atoms with van der Waals surface area (Å²) in [5.74, 6) is 1.92. The molecule has 1 N–H and O–H groups in total. The van der Waals surface area contributed by atoms with Crippen molar-refractivity contribution in [3.63, 3.8) is 0 Å². The number of hydrogen-bond donors (Lipinski definition) is 1. The molecule has 2 aromatic rings. The van der Waals surface area contributed by atoms with Crippen molar-refractivity contribution in [1.82, 2.24) is 5.32 Å². The van der Waals surface area contributed by atoms with Gasteiger partial charge in [0, 0.05) is 12.2 Å². The van der Waals surface area contributed by atoms with Gasteiger partial charge in [-0.25, -0.2) is 0 Å². The first-order valence-electron chi connectivity index (χ1n) is 7.14. The van der Waals surface area contributed by atoms with Gasteiger partial charge in [-0.1, -0.05) is 30.3 Å². The molecule has 0 spiro atoms. The Bertz CT molecular complexity index is 505. The quantitative estimate of drug-likeness (QED) is 0.748. The summed E-state index contributed by atoms with van der Waals surface area (Å²) in [6.45, 7) is 4.16. The van der Waals surface area contributed by atoms with Crippen LogP contribution in [0.15, 0.2) is 40.8 Å². The highest BCUT2D eigenvalue weighted by molar-refractivity contribution is 5.20. The lowest BCUT2D eigenvalue weighted by Gasteiger charge is -2.03. The Morgan fingerprint density at radius 1 is 1.20 bits per heavy atom. The van der Waals surface area contributed by atoms with Crippen LogP contribution in [0.25, 0.3) is 0 Å². The Hall–Kier alpha value is -1.58. The average Bonchev–Trinajstić information content (AvgIpc) is 2.80. The molecule has 0 fully saturated rings. The van der Waals surface area contributed by atoms with Crippen molar-refractivity contribution in [2.75, 3.05) is 13.7 Å². The summed E-state index contributed by atoms with van der Waals surface area (Å²) in [7, 11) is 1.91. The number of hydrogen-bond acceptors (Lipinski definition) is 3. The van der Waals surface area contributed by atoms with Crippen LogP contribution in [-0.2, 0) is 24.3 Å². The predicted molar refractivity (Wildman–Crippen MR) is 80.6 cm³/mol. The van der Waals surface area contributed by atoms with E-state index in [0.717, 1.165) is 43.1 Å². The molecule has 1 heterocycles. The van der Waals surface area contributed by atoms with E-state index < -0.39 is 0 Å². The normalized spacial score (nSPS) is 10.9. The minimum absolute atomic E-state index is 0.633. The summed E-state index contributed by atoms with van der Waals surface area (Å²) < 4.78 is 11.4. The van der Waals surface area contributed by atoms with Gasteiger partial charge in [0.15, 0.2) is 0 Å². The molecular weight excluding hydrogens is 250 g/mol. The molecule has 0 atom stereocenters. The van der Waals surface area contributed by atoms with Crippen LogP contribution in [0, 0.1) is 6.92 Å². The summed E-state index contributed by atoms with van der Waals surface area (Å²) >= 11 is 0. The van der Waals surface area contributed by atoms with Crippen molar-refractivity contribution >= 4 is 0 Å². The molecular formula is C17H23NO2. The van der Waals surface area contributed by atoms with E-state index in [-0.39, 0.29) is 0 Å². The molecule has 1 aromatic carbocycles. The van der Waals surface area contributed by atoms with E-state index in [1.54, 1.807) is 0 Å². The second kappa shape index (κ2) is 7.88. The highest BCUT2D eigenvalue weighted by atomic mass is 16.5. The Morgan fingerprint density at radius 3 is 2.75 bits per heavy atom. The molecule has 0 unspecified atom stereocenters. The lowest BCUT2D eigenvalue weighted by atomic mass is 10.1. The third-order valence-electron chi connectivity index (χ3n) is 3.28. The molecule has 0 radical (unpaired) electrons. The lowest BCUT2D eigenvalue weighted by Crippen LogP contribution is -2.03. The molecule has 3 nitrogen and oxygen atoms in total. The van der Waals surface area contributed by atoms with Crippen LogP contribution < -0.4 is 5.32 Å². The second-order valence-corrected chi connectivity index (χ2v) is 4.97. The van der Waals surface area contributed by atoms with Crippen molar-refractivity contribution in [3.8, 4) is 0 Å². The van der Waals surface area contributed by atoms with Crippen molar-refractivity contribution < 1.29 is 9.15 Å². The van der Waals surface area contributed by atoms with E-state index in [9.17, 15) is 0 Å². The molecule has 108 valence electrons. The molecule has 1 aromatic heterocycles. The van der Waals surface area contributed by atoms with E-state index in [1.807, 2.05) is 20.0 Å². The molecule has 0 aliphatic carbocycles. The maximum absolute atomic E-state index is 5.73. The smallest absolute Gasteiger partial charge is 0.118 e. The fourth-order valence-electron chi connectivity index (χ4n) is 2.20. The van der Waals surface area contributed by atoms with Crippen LogP contribution in [0.5, 0.6) is 0 Å². The first-order chi connectivity index (χ1) is 9.79. The summed E-state index contributed by atoms with van der Waals surface area (Å²) in [5.41, 5.74) is 2.52. The zero-order valence-electron chi connectivity index (χ0n) is 12.3. The van der Waals surface area contributed by atoms with Crippen molar-refractivity contribution in [2.45, 2.75) is 32.9 Å². The molecule has 0 bridgehead atoms. The second-order valence-electron chi connectivity index (χ2n) is 4.97. The maximum atomic E-state index is 5.73. The van der Waals surface area contributed by atoms with E-state index in [2.05, 4.69) is 35.6 Å². The van der Waals surface area contributed by atoms with Gasteiger partial charge in [-0.3, -0.25) is 0 Å². The van der Waals surface area contributed by atoms with Gasteiger partial charge in [0.05, 0.1) is 13.2 Å². The number of furan rings is 1. The van der Waals surface area contributed by atoms with E-state index in [1.165, 1.54) is 5.56 Å². The van der Waals surface area contributed by atoms with E-state index in [4.69, 9.17) is 9.15 Å². The SMILES string of the molecule is CNCc1cc(COCCCc2ccccc2)c(C)o1. The van der Waals surface area contributed by atoms with Gasteiger partial charge in [0.25, 0.3) is 0 Å². The minimum atomic E-state index is 0.633. The van der Waals surface area contributed by atoms with Gasteiger partial charge in [-0.15, -0.1) is 0 Å². The summed E-state index contributed by atoms with van der Waals surface area (Å²) in [6, 6.07) is 12.6. The Kier molecular flexibility index (Phi) is 5.84. The minimum Gasteiger partial charge on any atom is -0.465 e. The third kappa shape index (κ3) is 4.51. The molecule has 2 rings (SSSR count). The third-order valence-corrected chi connectivity index (χ3v) is 3.28. The molecule has 20 heavy (non-hydrogen) atoms. The Labute approximate surface area is 121 Å². The van der Waals surface area contributed by atoms with Crippen LogP contribution in [0.3, 0.4) is 0 Å². The van der Waals surface area contributed by atoms with Crippen molar-refractivity contribution in [2.24, 2.45) is 0 Å². The number of benzene rings is 1. The van der Waals surface area contributed by atoms with Crippen LogP contribution >= 0.6 is 0 Å². The summed E-state index contributed by atoms with van der Waals surface area (Å²) in [5, 5.41) is 3.08. The van der Waals surface area contributed by atoms with Gasteiger partial charge in [-0.2, -0.15) is 0 Å². The highest BCUT2D eigenvalue weighted by Crippen LogP contribution is 2.15. The Balaban J connectivity index is 1.68. The Morgan fingerprint density at radius 2 is 2.00 bits per heavy atom. The van der Waals surface area contributed by atoms with Crippen molar-refractivity contribution in [3.05, 3.63) is 59.0 Å². The van der Waals surface area contributed by atoms with Gasteiger partial charge in [0.2, 0.25) is 0 Å². The molecule has 0 amide bonds. The van der Waals surface area contributed by atoms with Crippen molar-refractivity contribution in [1.29, 1.82) is 0 Å². The standard InChI is InChI=1S/C17H23NO2/c1-14-16(11-17(20-14)12-18-2)13-19-10-6-9-15-7-4-3-5-8-15/h3-5,7-8,11,18H,6,9-10,12-13H2,1-2H3. The fraction of sp³-hybridized carbons (Fsp3) is 0.412. The van der Waals surface area contributed by atoms with Gasteiger partial charge in [0.1, 0.15) is 11.5 Å². The van der Waals surface area contributed by atoms with Gasteiger partial charge >= 0.3 is 0 Å². The van der Waals surface area contributed by atoms with Crippen LogP contribution in [-0.4, -0.2) is 13.7 Å². The number of ether oxygens (including phenoxy) is 1. The molecule has 0 saturated heterocycles. The van der Waals surface area contributed by atoms with E-state index >= 15 is 0 Å². The number of nitrogens with one attached hydrogen (secondary N) is 1. The lowest BCUT2D eigenvalue weighted by molar-refractivity contribution is 0.118. The summed E-state index contributed by atoms with van der Waals surface area (Å²) in [6.07, 6.45) is 2.11. The predicted octanol–water partition coefficient (Wildman–Crippen LogP) is 3.46. The first kappa shape index (κ1) is 14.8. The van der Waals surface area contributed by atoms with Crippen LogP contribution in [0.2, 0.25) is 0 Å².